The summed E-state index contributed by atoms with van der Waals surface area (Å²) in [5.41, 5.74) is 5.35. The first-order valence-electron chi connectivity index (χ1n) is 5.12. The molecule has 5 N–H and O–H groups in total. The van der Waals surface area contributed by atoms with Gasteiger partial charge in [0.15, 0.2) is 0 Å². The molecule has 1 rings (SSSR count). The zero-order valence-corrected chi connectivity index (χ0v) is 9.35. The molecule has 6 heteroatoms. The Kier molecular flexibility index (Phi) is 4.42. The maximum atomic E-state index is 12.9. The molecule has 1 aromatic rings. The predicted molar refractivity (Wildman–Crippen MR) is 60.1 cm³/mol. The van der Waals surface area contributed by atoms with Crippen LogP contribution in [0.5, 0.6) is 5.75 Å². The van der Waals surface area contributed by atoms with Gasteiger partial charge < -0.3 is 21.3 Å². The maximum absolute atomic E-state index is 12.9. The minimum atomic E-state index is -0.767. The van der Waals surface area contributed by atoms with Gasteiger partial charge >= 0.3 is 0 Å². The lowest BCUT2D eigenvalue weighted by Crippen LogP contribution is -2.43. The van der Waals surface area contributed by atoms with Crippen LogP contribution in [-0.2, 0) is 0 Å². The van der Waals surface area contributed by atoms with E-state index in [9.17, 15) is 14.3 Å². The summed E-state index contributed by atoms with van der Waals surface area (Å²) >= 11 is 0. The van der Waals surface area contributed by atoms with E-state index in [1.165, 1.54) is 6.92 Å². The summed E-state index contributed by atoms with van der Waals surface area (Å²) in [6.07, 6.45) is -0.767. The third-order valence-corrected chi connectivity index (χ3v) is 2.32. The van der Waals surface area contributed by atoms with E-state index in [4.69, 9.17) is 10.8 Å². The van der Waals surface area contributed by atoms with Gasteiger partial charge in [0.25, 0.3) is 5.91 Å². The number of rotatable bonds is 4. The van der Waals surface area contributed by atoms with Gasteiger partial charge in [-0.2, -0.15) is 0 Å². The molecule has 0 heterocycles. The van der Waals surface area contributed by atoms with Gasteiger partial charge in [0, 0.05) is 12.6 Å². The first kappa shape index (κ1) is 13.4. The Labute approximate surface area is 98.1 Å². The number of benzene rings is 1. The highest BCUT2D eigenvalue weighted by Gasteiger charge is 2.15. The van der Waals surface area contributed by atoms with E-state index >= 15 is 0 Å². The van der Waals surface area contributed by atoms with E-state index in [2.05, 4.69) is 5.32 Å². The highest BCUT2D eigenvalue weighted by Crippen LogP contribution is 2.17. The second-order valence-electron chi connectivity index (χ2n) is 3.78. The average Bonchev–Trinajstić information content (AvgIpc) is 2.28. The summed E-state index contributed by atoms with van der Waals surface area (Å²) in [4.78, 5) is 11.6. The number of hydrogen-bond acceptors (Lipinski definition) is 4. The lowest BCUT2D eigenvalue weighted by Gasteiger charge is -2.15. The number of phenolic OH excluding ortho intramolecular Hbond substituents is 1. The summed E-state index contributed by atoms with van der Waals surface area (Å²) < 4.78 is 12.9. The number of carbonyl (C=O) groups excluding carboxylic acids is 1. The monoisotopic (exact) mass is 242 g/mol. The van der Waals surface area contributed by atoms with Gasteiger partial charge in [-0.1, -0.05) is 0 Å². The number of carbonyl (C=O) groups is 1. The molecule has 2 atom stereocenters. The lowest BCUT2D eigenvalue weighted by atomic mass is 10.1. The van der Waals surface area contributed by atoms with Gasteiger partial charge in [-0.3, -0.25) is 4.79 Å². The number of aliphatic hydroxyl groups excluding tert-OH is 1. The van der Waals surface area contributed by atoms with Crippen LogP contribution in [0, 0.1) is 5.82 Å². The molecule has 0 saturated heterocycles. The van der Waals surface area contributed by atoms with Crippen LogP contribution in [0.25, 0.3) is 0 Å². The first-order chi connectivity index (χ1) is 7.91. The maximum Gasteiger partial charge on any atom is 0.255 e. The zero-order chi connectivity index (χ0) is 13.0. The molecule has 0 aliphatic heterocycles. The number of aliphatic hydroxyl groups is 1. The van der Waals surface area contributed by atoms with Crippen LogP contribution in [0.4, 0.5) is 4.39 Å². The fourth-order valence-electron chi connectivity index (χ4n) is 1.17. The third kappa shape index (κ3) is 3.69. The second kappa shape index (κ2) is 5.60. The predicted octanol–water partition coefficient (Wildman–Crippen LogP) is -0.0308. The molecule has 94 valence electrons. The minimum absolute atomic E-state index is 0.0342. The Morgan fingerprint density at radius 2 is 2.24 bits per heavy atom. The van der Waals surface area contributed by atoms with Crippen LogP contribution in [-0.4, -0.2) is 34.8 Å². The molecule has 0 bridgehead atoms. The van der Waals surface area contributed by atoms with Crippen LogP contribution in [0.2, 0.25) is 0 Å². The SMILES string of the molecule is CC(O)C(N)CNC(=O)c1cc(F)ccc1O. The molecule has 0 saturated carbocycles. The largest absolute Gasteiger partial charge is 0.507 e. The van der Waals surface area contributed by atoms with Crippen LogP contribution < -0.4 is 11.1 Å². The Bertz CT molecular complexity index is 410. The molecule has 0 fully saturated rings. The highest BCUT2D eigenvalue weighted by atomic mass is 19.1. The molecule has 1 aromatic carbocycles. The van der Waals surface area contributed by atoms with E-state index in [0.717, 1.165) is 18.2 Å². The van der Waals surface area contributed by atoms with E-state index in [0.29, 0.717) is 0 Å². The summed E-state index contributed by atoms with van der Waals surface area (Å²) in [7, 11) is 0. The summed E-state index contributed by atoms with van der Waals surface area (Å²) in [5.74, 6) is -1.57. The molecule has 2 unspecified atom stereocenters. The van der Waals surface area contributed by atoms with E-state index in [1.807, 2.05) is 0 Å². The molecule has 5 nitrogen and oxygen atoms in total. The molecule has 1 amide bonds. The van der Waals surface area contributed by atoms with Crippen LogP contribution in [0.15, 0.2) is 18.2 Å². The molecular weight excluding hydrogens is 227 g/mol. The quantitative estimate of drug-likeness (QED) is 0.596. The number of nitrogens with two attached hydrogens (primary N) is 1. The molecule has 0 spiro atoms. The smallest absolute Gasteiger partial charge is 0.255 e. The summed E-state index contributed by atoms with van der Waals surface area (Å²) in [5, 5.41) is 20.9. The lowest BCUT2D eigenvalue weighted by molar-refractivity contribution is 0.0934. The second-order valence-corrected chi connectivity index (χ2v) is 3.78. The van der Waals surface area contributed by atoms with E-state index in [1.54, 1.807) is 0 Å². The Balaban J connectivity index is 2.67. The van der Waals surface area contributed by atoms with Crippen molar-refractivity contribution < 1.29 is 19.4 Å². The van der Waals surface area contributed by atoms with Gasteiger partial charge in [0.05, 0.1) is 11.7 Å². The average molecular weight is 242 g/mol. The molecule has 0 aliphatic carbocycles. The minimum Gasteiger partial charge on any atom is -0.507 e. The van der Waals surface area contributed by atoms with Gasteiger partial charge in [0.2, 0.25) is 0 Å². The van der Waals surface area contributed by atoms with Crippen molar-refractivity contribution in [2.75, 3.05) is 6.54 Å². The van der Waals surface area contributed by atoms with Crippen molar-refractivity contribution in [3.63, 3.8) is 0 Å². The summed E-state index contributed by atoms with van der Waals surface area (Å²) in [6, 6.07) is 2.46. The van der Waals surface area contributed by atoms with Gasteiger partial charge in [0.1, 0.15) is 11.6 Å². The van der Waals surface area contributed by atoms with Crippen molar-refractivity contribution in [1.82, 2.24) is 5.32 Å². The Hall–Kier alpha value is -1.66. The van der Waals surface area contributed by atoms with Gasteiger partial charge in [-0.25, -0.2) is 4.39 Å². The fraction of sp³-hybridized carbons (Fsp3) is 0.364. The van der Waals surface area contributed by atoms with Crippen molar-refractivity contribution in [3.8, 4) is 5.75 Å². The Morgan fingerprint density at radius 1 is 1.59 bits per heavy atom. The Morgan fingerprint density at radius 3 is 2.82 bits per heavy atom. The number of nitrogens with one attached hydrogen (secondary N) is 1. The van der Waals surface area contributed by atoms with Crippen molar-refractivity contribution in [1.29, 1.82) is 0 Å². The van der Waals surface area contributed by atoms with Crippen molar-refractivity contribution in [2.45, 2.75) is 19.1 Å². The van der Waals surface area contributed by atoms with Crippen LogP contribution in [0.1, 0.15) is 17.3 Å². The van der Waals surface area contributed by atoms with Crippen LogP contribution >= 0.6 is 0 Å². The topological polar surface area (TPSA) is 95.6 Å². The van der Waals surface area contributed by atoms with Gasteiger partial charge in [-0.15, -0.1) is 0 Å². The van der Waals surface area contributed by atoms with Crippen molar-refractivity contribution in [2.24, 2.45) is 5.73 Å². The molecule has 17 heavy (non-hydrogen) atoms. The normalized spacial score (nSPS) is 14.1. The number of amides is 1. The number of hydrogen-bond donors (Lipinski definition) is 4. The third-order valence-electron chi connectivity index (χ3n) is 2.32. The zero-order valence-electron chi connectivity index (χ0n) is 9.35. The van der Waals surface area contributed by atoms with Crippen molar-refractivity contribution in [3.05, 3.63) is 29.6 Å². The molecule has 0 radical (unpaired) electrons. The summed E-state index contributed by atoms with van der Waals surface area (Å²) in [6.45, 7) is 1.53. The number of phenols is 1. The molecular formula is C11H15FN2O3. The van der Waals surface area contributed by atoms with Crippen molar-refractivity contribution >= 4 is 5.91 Å². The molecule has 0 aromatic heterocycles. The van der Waals surface area contributed by atoms with Crippen LogP contribution in [0.3, 0.4) is 0 Å². The van der Waals surface area contributed by atoms with E-state index < -0.39 is 23.9 Å². The number of aromatic hydroxyl groups is 1. The standard InChI is InChI=1S/C11H15FN2O3/c1-6(15)9(13)5-14-11(17)8-4-7(12)2-3-10(8)16/h2-4,6,9,15-16H,5,13H2,1H3,(H,14,17). The van der Waals surface area contributed by atoms with Gasteiger partial charge in [-0.05, 0) is 25.1 Å². The molecule has 0 aliphatic rings. The number of halogens is 1. The highest BCUT2D eigenvalue weighted by molar-refractivity contribution is 5.96. The fourth-order valence-corrected chi connectivity index (χ4v) is 1.17. The first-order valence-corrected chi connectivity index (χ1v) is 5.12. The van der Waals surface area contributed by atoms with E-state index in [-0.39, 0.29) is 17.9 Å².